The van der Waals surface area contributed by atoms with E-state index in [1.807, 2.05) is 32.0 Å². The molecule has 0 unspecified atom stereocenters. The van der Waals surface area contributed by atoms with Gasteiger partial charge in [0.2, 0.25) is 5.91 Å². The Hall–Kier alpha value is -3.41. The molecule has 5 nitrogen and oxygen atoms in total. The quantitative estimate of drug-likeness (QED) is 0.559. The minimum Gasteiger partial charge on any atom is -0.459 e. The van der Waals surface area contributed by atoms with E-state index in [2.05, 4.69) is 5.32 Å². The summed E-state index contributed by atoms with van der Waals surface area (Å²) < 4.78 is 20.4. The van der Waals surface area contributed by atoms with Crippen LogP contribution in [0.4, 0.5) is 10.1 Å². The standard InChI is InChI=1S/C26H27FN2O3/c1-17-13-14-18(2)22(16-17)29(26(31)23-12-7-15-32-23)24(20-10-5-6-11-21(20)27)25(30)28-19-8-3-4-9-19/h5-7,10-16,19,24H,3-4,8-9H2,1-2H3,(H,28,30)/t24-/m1/s1. The SMILES string of the molecule is Cc1ccc(C)c(N(C(=O)c2ccco2)[C@@H](C(=O)NC2CCCC2)c2ccccc2F)c1. The molecule has 1 atom stereocenters. The molecular weight excluding hydrogens is 407 g/mol. The van der Waals surface area contributed by atoms with Gasteiger partial charge in [0.05, 0.1) is 6.26 Å². The van der Waals surface area contributed by atoms with Crippen molar-refractivity contribution in [3.63, 3.8) is 0 Å². The van der Waals surface area contributed by atoms with Gasteiger partial charge in [0.25, 0.3) is 5.91 Å². The number of anilines is 1. The Bertz CT molecular complexity index is 1100. The van der Waals surface area contributed by atoms with Crippen LogP contribution in [0.25, 0.3) is 0 Å². The first kappa shape index (κ1) is 21.8. The number of carbonyl (C=O) groups is 2. The number of halogens is 1. The van der Waals surface area contributed by atoms with Gasteiger partial charge in [0.1, 0.15) is 11.9 Å². The maximum Gasteiger partial charge on any atom is 0.294 e. The number of carbonyl (C=O) groups excluding carboxylic acids is 2. The lowest BCUT2D eigenvalue weighted by atomic mass is 9.99. The molecule has 0 radical (unpaired) electrons. The number of hydrogen-bond donors (Lipinski definition) is 1. The highest BCUT2D eigenvalue weighted by Crippen LogP contribution is 2.34. The summed E-state index contributed by atoms with van der Waals surface area (Å²) in [4.78, 5) is 28.7. The molecule has 1 aliphatic carbocycles. The molecule has 1 fully saturated rings. The monoisotopic (exact) mass is 434 g/mol. The summed E-state index contributed by atoms with van der Waals surface area (Å²) >= 11 is 0. The van der Waals surface area contributed by atoms with E-state index in [1.54, 1.807) is 30.3 Å². The molecule has 32 heavy (non-hydrogen) atoms. The molecule has 1 N–H and O–H groups in total. The Balaban J connectivity index is 1.87. The van der Waals surface area contributed by atoms with E-state index in [-0.39, 0.29) is 17.4 Å². The summed E-state index contributed by atoms with van der Waals surface area (Å²) in [6.07, 6.45) is 5.25. The van der Waals surface area contributed by atoms with Gasteiger partial charge in [0.15, 0.2) is 5.76 Å². The van der Waals surface area contributed by atoms with Gasteiger partial charge in [-0.05, 0) is 62.1 Å². The van der Waals surface area contributed by atoms with Crippen molar-refractivity contribution >= 4 is 17.5 Å². The van der Waals surface area contributed by atoms with Crippen molar-refractivity contribution in [2.45, 2.75) is 51.6 Å². The number of benzene rings is 2. The summed E-state index contributed by atoms with van der Waals surface area (Å²) in [6, 6.07) is 13.8. The second-order valence-corrected chi connectivity index (χ2v) is 8.36. The van der Waals surface area contributed by atoms with Gasteiger partial charge < -0.3 is 9.73 Å². The number of amides is 2. The van der Waals surface area contributed by atoms with Crippen LogP contribution in [0.3, 0.4) is 0 Å². The molecule has 1 aliphatic rings. The molecule has 2 aromatic carbocycles. The van der Waals surface area contributed by atoms with E-state index < -0.39 is 23.7 Å². The van der Waals surface area contributed by atoms with Crippen molar-refractivity contribution in [2.75, 3.05) is 4.90 Å². The van der Waals surface area contributed by atoms with Crippen molar-refractivity contribution in [3.05, 3.63) is 89.1 Å². The Labute approximate surface area is 187 Å². The maximum atomic E-state index is 15.0. The van der Waals surface area contributed by atoms with Gasteiger partial charge in [0, 0.05) is 17.3 Å². The van der Waals surface area contributed by atoms with Crippen LogP contribution in [0.1, 0.15) is 59.0 Å². The number of furan rings is 1. The maximum absolute atomic E-state index is 15.0. The van der Waals surface area contributed by atoms with Gasteiger partial charge >= 0.3 is 0 Å². The first-order valence-corrected chi connectivity index (χ1v) is 10.9. The summed E-state index contributed by atoms with van der Waals surface area (Å²) in [6.45, 7) is 3.78. The molecule has 1 saturated carbocycles. The average Bonchev–Trinajstić information content (AvgIpc) is 3.48. The lowest BCUT2D eigenvalue weighted by Crippen LogP contribution is -2.47. The Morgan fingerprint density at radius 1 is 1.06 bits per heavy atom. The number of aryl methyl sites for hydroxylation is 2. The molecule has 1 heterocycles. The zero-order chi connectivity index (χ0) is 22.7. The van der Waals surface area contributed by atoms with Gasteiger partial charge in [-0.15, -0.1) is 0 Å². The zero-order valence-electron chi connectivity index (χ0n) is 18.3. The molecule has 0 bridgehead atoms. The zero-order valence-corrected chi connectivity index (χ0v) is 18.3. The molecule has 0 spiro atoms. The molecule has 6 heteroatoms. The number of nitrogens with one attached hydrogen (secondary N) is 1. The second kappa shape index (κ2) is 9.39. The highest BCUT2D eigenvalue weighted by molar-refractivity contribution is 6.09. The van der Waals surface area contributed by atoms with Crippen LogP contribution in [0.2, 0.25) is 0 Å². The lowest BCUT2D eigenvalue weighted by molar-refractivity contribution is -0.123. The average molecular weight is 435 g/mol. The minimum absolute atomic E-state index is 0.0240. The molecule has 2 amide bonds. The third-order valence-corrected chi connectivity index (χ3v) is 5.98. The molecule has 0 aliphatic heterocycles. The fraction of sp³-hybridized carbons (Fsp3) is 0.308. The first-order chi connectivity index (χ1) is 15.5. The smallest absolute Gasteiger partial charge is 0.294 e. The third kappa shape index (κ3) is 4.44. The largest absolute Gasteiger partial charge is 0.459 e. The van der Waals surface area contributed by atoms with E-state index in [0.717, 1.165) is 36.8 Å². The van der Waals surface area contributed by atoms with Gasteiger partial charge in [-0.25, -0.2) is 4.39 Å². The van der Waals surface area contributed by atoms with Crippen LogP contribution in [-0.2, 0) is 4.79 Å². The fourth-order valence-electron chi connectivity index (χ4n) is 4.31. The van der Waals surface area contributed by atoms with E-state index in [4.69, 9.17) is 4.42 Å². The predicted molar refractivity (Wildman–Crippen MR) is 121 cm³/mol. The number of nitrogens with zero attached hydrogens (tertiary/aromatic N) is 1. The topological polar surface area (TPSA) is 62.6 Å². The molecule has 166 valence electrons. The van der Waals surface area contributed by atoms with Crippen molar-refractivity contribution in [2.24, 2.45) is 0 Å². The van der Waals surface area contributed by atoms with Crippen molar-refractivity contribution in [1.82, 2.24) is 5.32 Å². The van der Waals surface area contributed by atoms with E-state index >= 15 is 4.39 Å². The summed E-state index contributed by atoms with van der Waals surface area (Å²) in [5.41, 5.74) is 2.40. The number of rotatable bonds is 6. The van der Waals surface area contributed by atoms with Crippen LogP contribution in [0, 0.1) is 19.7 Å². The van der Waals surface area contributed by atoms with Gasteiger partial charge in [-0.1, -0.05) is 43.2 Å². The molecule has 0 saturated heterocycles. The highest BCUT2D eigenvalue weighted by atomic mass is 19.1. The Morgan fingerprint density at radius 2 is 1.81 bits per heavy atom. The summed E-state index contributed by atoms with van der Waals surface area (Å²) in [5, 5.41) is 3.06. The Morgan fingerprint density at radius 3 is 2.50 bits per heavy atom. The van der Waals surface area contributed by atoms with Crippen LogP contribution < -0.4 is 10.2 Å². The van der Waals surface area contributed by atoms with Crippen LogP contribution in [0.5, 0.6) is 0 Å². The number of hydrogen-bond acceptors (Lipinski definition) is 3. The lowest BCUT2D eigenvalue weighted by Gasteiger charge is -2.33. The van der Waals surface area contributed by atoms with Crippen molar-refractivity contribution in [1.29, 1.82) is 0 Å². The van der Waals surface area contributed by atoms with Crippen LogP contribution in [0.15, 0.2) is 65.3 Å². The van der Waals surface area contributed by atoms with Crippen molar-refractivity contribution < 1.29 is 18.4 Å². The van der Waals surface area contributed by atoms with E-state index in [0.29, 0.717) is 5.69 Å². The molecule has 4 rings (SSSR count). The molecule has 1 aromatic heterocycles. The minimum atomic E-state index is -1.19. The predicted octanol–water partition coefficient (Wildman–Crippen LogP) is 5.48. The normalized spacial score (nSPS) is 14.8. The fourth-order valence-corrected chi connectivity index (χ4v) is 4.31. The van der Waals surface area contributed by atoms with Gasteiger partial charge in [-0.3, -0.25) is 14.5 Å². The third-order valence-electron chi connectivity index (χ3n) is 5.98. The van der Waals surface area contributed by atoms with Crippen LogP contribution in [-0.4, -0.2) is 17.9 Å². The highest BCUT2D eigenvalue weighted by Gasteiger charge is 2.37. The first-order valence-electron chi connectivity index (χ1n) is 10.9. The van der Waals surface area contributed by atoms with E-state index in [1.165, 1.54) is 17.2 Å². The molecule has 3 aromatic rings. The van der Waals surface area contributed by atoms with Gasteiger partial charge in [-0.2, -0.15) is 0 Å². The summed E-state index contributed by atoms with van der Waals surface area (Å²) in [5.74, 6) is -1.36. The van der Waals surface area contributed by atoms with Crippen molar-refractivity contribution in [3.8, 4) is 0 Å². The Kier molecular flexibility index (Phi) is 6.40. The molecular formula is C26H27FN2O3. The van der Waals surface area contributed by atoms with E-state index in [9.17, 15) is 9.59 Å². The summed E-state index contributed by atoms with van der Waals surface area (Å²) in [7, 11) is 0. The van der Waals surface area contributed by atoms with Crippen LogP contribution >= 0.6 is 0 Å². The second-order valence-electron chi connectivity index (χ2n) is 8.36.